The van der Waals surface area contributed by atoms with Crippen LogP contribution in [0.3, 0.4) is 0 Å². The summed E-state index contributed by atoms with van der Waals surface area (Å²) in [4.78, 5) is 6.13. The van der Waals surface area contributed by atoms with Crippen LogP contribution in [-0.2, 0) is 0 Å². The maximum absolute atomic E-state index is 3.56. The number of allylic oxidation sites excluding steroid dienone is 2. The van der Waals surface area contributed by atoms with Crippen LogP contribution in [0, 0.1) is 0 Å². The van der Waals surface area contributed by atoms with Gasteiger partial charge in [0.25, 0.3) is 0 Å². The number of para-hydroxylation sites is 3. The molecule has 0 spiro atoms. The molecule has 7 rings (SSSR count). The zero-order valence-corrected chi connectivity index (χ0v) is 20.8. The number of aromatic nitrogens is 1. The van der Waals surface area contributed by atoms with E-state index in [9.17, 15) is 0 Å². The van der Waals surface area contributed by atoms with E-state index >= 15 is 0 Å². The number of hydrogen-bond donors (Lipinski definition) is 1. The highest BCUT2D eigenvalue weighted by molar-refractivity contribution is 6.08. The molecule has 1 N–H and O–H groups in total. The Morgan fingerprint density at radius 2 is 1.56 bits per heavy atom. The molecule has 176 valence electrons. The number of rotatable bonds is 4. The Balaban J connectivity index is 1.33. The zero-order valence-electron chi connectivity index (χ0n) is 20.8. The van der Waals surface area contributed by atoms with Crippen molar-refractivity contribution in [3.05, 3.63) is 126 Å². The lowest BCUT2D eigenvalue weighted by molar-refractivity contribution is 0.712. The van der Waals surface area contributed by atoms with Crippen molar-refractivity contribution in [3.8, 4) is 0 Å². The van der Waals surface area contributed by atoms with Gasteiger partial charge >= 0.3 is 0 Å². The van der Waals surface area contributed by atoms with Crippen molar-refractivity contribution < 1.29 is 0 Å². The number of benzene rings is 4. The van der Waals surface area contributed by atoms with Crippen LogP contribution in [0.5, 0.6) is 0 Å². The van der Waals surface area contributed by atoms with E-state index < -0.39 is 0 Å². The largest absolute Gasteiger partial charge is 0.355 e. The normalized spacial score (nSPS) is 19.4. The highest BCUT2D eigenvalue weighted by Crippen LogP contribution is 2.50. The fourth-order valence-corrected chi connectivity index (χ4v) is 6.19. The smallest absolute Gasteiger partial charge is 0.0630 e. The maximum Gasteiger partial charge on any atom is 0.0630 e. The third-order valence-electron chi connectivity index (χ3n) is 8.23. The van der Waals surface area contributed by atoms with Crippen molar-refractivity contribution in [2.75, 3.05) is 4.90 Å². The molecular weight excluding hydrogens is 436 g/mol. The fourth-order valence-electron chi connectivity index (χ4n) is 6.19. The van der Waals surface area contributed by atoms with Crippen molar-refractivity contribution in [2.45, 2.75) is 38.1 Å². The Kier molecular flexibility index (Phi) is 4.89. The van der Waals surface area contributed by atoms with E-state index in [-0.39, 0.29) is 6.04 Å². The molecule has 0 bridgehead atoms. The molecule has 2 nitrogen and oxygen atoms in total. The van der Waals surface area contributed by atoms with Gasteiger partial charge in [0.1, 0.15) is 0 Å². The van der Waals surface area contributed by atoms with Crippen molar-refractivity contribution in [2.24, 2.45) is 0 Å². The number of anilines is 2. The van der Waals surface area contributed by atoms with Gasteiger partial charge in [0.05, 0.1) is 6.04 Å². The summed E-state index contributed by atoms with van der Waals surface area (Å²) in [6.07, 6.45) is 8.39. The van der Waals surface area contributed by atoms with Gasteiger partial charge < -0.3 is 9.88 Å². The molecule has 3 atom stereocenters. The number of H-pyrrole nitrogens is 1. The van der Waals surface area contributed by atoms with Gasteiger partial charge in [0.15, 0.2) is 0 Å². The van der Waals surface area contributed by atoms with E-state index in [0.29, 0.717) is 11.8 Å². The number of nitrogens with zero attached hydrogens (tertiary/aromatic N) is 1. The van der Waals surface area contributed by atoms with Crippen LogP contribution in [0.25, 0.3) is 27.4 Å². The van der Waals surface area contributed by atoms with Gasteiger partial charge in [0, 0.05) is 39.1 Å². The molecule has 0 fully saturated rings. The SMILES string of the molecule is CCC(C)c1ccccc1N1c2ccccc2C2C=C(c3ccc4[nH]c5ccccc5c4c3)C=CC21. The van der Waals surface area contributed by atoms with Gasteiger partial charge in [-0.05, 0) is 64.9 Å². The molecule has 2 aliphatic rings. The number of nitrogens with one attached hydrogen (secondary N) is 1. The average molecular weight is 467 g/mol. The van der Waals surface area contributed by atoms with Gasteiger partial charge in [0.2, 0.25) is 0 Å². The first-order valence-electron chi connectivity index (χ1n) is 13.1. The highest BCUT2D eigenvalue weighted by atomic mass is 15.2. The maximum atomic E-state index is 3.56. The predicted molar refractivity (Wildman–Crippen MR) is 153 cm³/mol. The van der Waals surface area contributed by atoms with E-state index in [1.165, 1.54) is 55.4 Å². The van der Waals surface area contributed by atoms with Crippen LogP contribution < -0.4 is 4.90 Å². The van der Waals surface area contributed by atoms with Crippen molar-refractivity contribution in [1.29, 1.82) is 0 Å². The lowest BCUT2D eigenvalue weighted by atomic mass is 9.86. The summed E-state index contributed by atoms with van der Waals surface area (Å²) >= 11 is 0. The van der Waals surface area contributed by atoms with Crippen molar-refractivity contribution in [1.82, 2.24) is 4.98 Å². The summed E-state index contributed by atoms with van der Waals surface area (Å²) in [6.45, 7) is 4.62. The Morgan fingerprint density at radius 1 is 0.806 bits per heavy atom. The molecule has 1 aliphatic carbocycles. The minimum absolute atomic E-state index is 0.285. The van der Waals surface area contributed by atoms with Gasteiger partial charge in [-0.2, -0.15) is 0 Å². The second-order valence-corrected chi connectivity index (χ2v) is 10.2. The lowest BCUT2D eigenvalue weighted by Crippen LogP contribution is -2.30. The lowest BCUT2D eigenvalue weighted by Gasteiger charge is -2.32. The third-order valence-corrected chi connectivity index (χ3v) is 8.23. The van der Waals surface area contributed by atoms with Crippen LogP contribution >= 0.6 is 0 Å². The zero-order chi connectivity index (χ0) is 24.2. The highest BCUT2D eigenvalue weighted by Gasteiger charge is 2.39. The van der Waals surface area contributed by atoms with Crippen LogP contribution in [0.4, 0.5) is 11.4 Å². The first-order valence-corrected chi connectivity index (χ1v) is 13.1. The fraction of sp³-hybridized carbons (Fsp3) is 0.176. The van der Waals surface area contributed by atoms with Crippen molar-refractivity contribution in [3.63, 3.8) is 0 Å². The van der Waals surface area contributed by atoms with E-state index in [1.54, 1.807) is 0 Å². The van der Waals surface area contributed by atoms with Crippen molar-refractivity contribution >= 4 is 38.8 Å². The topological polar surface area (TPSA) is 19.0 Å². The standard InChI is InChI=1S/C34H30N2/c1-3-22(2)25-10-5-8-14-32(25)36-33-15-9-6-12-27(33)29-21-24(17-19-34(29)36)23-16-18-31-28(20-23)26-11-4-7-13-30(26)35-31/h4-22,29,34-35H,3H2,1-2H3. The summed E-state index contributed by atoms with van der Waals surface area (Å²) in [6, 6.07) is 33.6. The molecule has 5 aromatic rings. The minimum Gasteiger partial charge on any atom is -0.355 e. The molecule has 3 unspecified atom stereocenters. The van der Waals surface area contributed by atoms with Gasteiger partial charge in [-0.15, -0.1) is 0 Å². The molecule has 36 heavy (non-hydrogen) atoms. The van der Waals surface area contributed by atoms with E-state index in [1.807, 2.05) is 0 Å². The number of hydrogen-bond acceptors (Lipinski definition) is 1. The molecular formula is C34H30N2. The summed E-state index contributed by atoms with van der Waals surface area (Å²) < 4.78 is 0. The first kappa shape index (κ1) is 21.3. The summed E-state index contributed by atoms with van der Waals surface area (Å²) in [5, 5.41) is 2.57. The Hall–Kier alpha value is -4.04. The molecule has 0 amide bonds. The molecule has 0 saturated carbocycles. The average Bonchev–Trinajstić information content (AvgIpc) is 3.47. The third kappa shape index (κ3) is 3.18. The molecule has 0 saturated heterocycles. The molecule has 4 aromatic carbocycles. The van der Waals surface area contributed by atoms with Gasteiger partial charge in [-0.25, -0.2) is 0 Å². The monoisotopic (exact) mass is 466 g/mol. The number of fused-ring (bicyclic) bond motifs is 6. The molecule has 1 aliphatic heterocycles. The summed E-state index contributed by atoms with van der Waals surface area (Å²) in [7, 11) is 0. The van der Waals surface area contributed by atoms with Crippen LogP contribution in [-0.4, -0.2) is 11.0 Å². The van der Waals surface area contributed by atoms with Gasteiger partial charge in [-0.1, -0.05) is 92.7 Å². The first-order chi connectivity index (χ1) is 17.7. The molecule has 2 heteroatoms. The van der Waals surface area contributed by atoms with Gasteiger partial charge in [-0.3, -0.25) is 0 Å². The summed E-state index contributed by atoms with van der Waals surface area (Å²) in [5.41, 5.74) is 10.5. The molecule has 1 aromatic heterocycles. The van der Waals surface area contributed by atoms with E-state index in [4.69, 9.17) is 0 Å². The molecule has 2 heterocycles. The Bertz CT molecular complexity index is 1670. The summed E-state index contributed by atoms with van der Waals surface area (Å²) in [5.74, 6) is 0.846. The van der Waals surface area contributed by atoms with Crippen LogP contribution in [0.2, 0.25) is 0 Å². The molecule has 0 radical (unpaired) electrons. The number of aromatic amines is 1. The Morgan fingerprint density at radius 3 is 2.44 bits per heavy atom. The minimum atomic E-state index is 0.285. The Labute approximate surface area is 212 Å². The van der Waals surface area contributed by atoms with E-state index in [2.05, 4.69) is 133 Å². The second kappa shape index (κ2) is 8.27. The van der Waals surface area contributed by atoms with E-state index in [0.717, 1.165) is 6.42 Å². The quantitative estimate of drug-likeness (QED) is 0.280. The van der Waals surface area contributed by atoms with Crippen LogP contribution in [0.1, 0.15) is 48.8 Å². The van der Waals surface area contributed by atoms with Crippen LogP contribution in [0.15, 0.2) is 109 Å². The predicted octanol–water partition coefficient (Wildman–Crippen LogP) is 9.09. The second-order valence-electron chi connectivity index (χ2n) is 10.2.